The molecule has 0 bridgehead atoms. The third kappa shape index (κ3) is 5.31. The Kier molecular flexibility index (Phi) is 7.43. The third-order valence-electron chi connectivity index (χ3n) is 11.5. The predicted molar refractivity (Wildman–Crippen MR) is 242 cm³/mol. The Labute approximate surface area is 339 Å². The van der Waals surface area contributed by atoms with E-state index in [0.717, 1.165) is 50.3 Å². The molecule has 0 atom stereocenters. The molecule has 0 aliphatic carbocycles. The largest absolute Gasteiger partial charge is 0.316 e. The molecule has 12 rings (SSSR count). The Morgan fingerprint density at radius 2 is 0.864 bits per heavy atom. The van der Waals surface area contributed by atoms with Crippen LogP contribution < -0.4 is 0 Å². The zero-order chi connectivity index (χ0) is 38.9. The van der Waals surface area contributed by atoms with E-state index in [0.29, 0.717) is 17.5 Å². The summed E-state index contributed by atoms with van der Waals surface area (Å²) in [5, 5.41) is 6.04. The van der Waals surface area contributed by atoms with Crippen LogP contribution in [0.4, 0.5) is 0 Å². The van der Waals surface area contributed by atoms with Gasteiger partial charge in [0.15, 0.2) is 17.5 Å². The van der Waals surface area contributed by atoms with Gasteiger partial charge in [-0.05, 0) is 78.9 Å². The number of benzene rings is 8. The molecule has 0 amide bonds. The maximum absolute atomic E-state index is 5.03. The van der Waals surface area contributed by atoms with Gasteiger partial charge in [0.25, 0.3) is 0 Å². The molecule has 8 aromatic carbocycles. The Balaban J connectivity index is 1.13. The first-order valence-corrected chi connectivity index (χ1v) is 19.9. The molecule has 12 aromatic rings. The minimum absolute atomic E-state index is 0.627. The number of nitrogens with zero attached hydrogens (tertiary/aromatic N) is 6. The van der Waals surface area contributed by atoms with Gasteiger partial charge in [-0.2, -0.15) is 0 Å². The monoisotopic (exact) mass is 754 g/mol. The highest BCUT2D eigenvalue weighted by Crippen LogP contribution is 2.43. The molecule has 0 N–H and O–H groups in total. The Morgan fingerprint density at radius 3 is 1.51 bits per heavy atom. The molecule has 6 heteroatoms. The van der Waals surface area contributed by atoms with Crippen LogP contribution in [0.15, 0.2) is 206 Å². The van der Waals surface area contributed by atoms with Crippen LogP contribution in [0.5, 0.6) is 0 Å². The summed E-state index contributed by atoms with van der Waals surface area (Å²) >= 11 is 0. The van der Waals surface area contributed by atoms with Crippen molar-refractivity contribution in [3.63, 3.8) is 0 Å². The summed E-state index contributed by atoms with van der Waals surface area (Å²) in [6.07, 6.45) is 2.17. The average molecular weight is 755 g/mol. The van der Waals surface area contributed by atoms with Crippen LogP contribution in [0.2, 0.25) is 0 Å². The smallest absolute Gasteiger partial charge is 0.164 e. The van der Waals surface area contributed by atoms with Gasteiger partial charge in [-0.25, -0.2) is 15.0 Å². The molecule has 0 saturated carbocycles. The fraction of sp³-hybridized carbons (Fsp3) is 0. The summed E-state index contributed by atoms with van der Waals surface area (Å²) in [5.74, 6) is 1.91. The standard InChI is InChI=1S/C53H34N6/c1-5-15-35(16-6-1)51-54-52(36-17-7-2-8-18-36)56-53(55-51)37-25-27-41(28-26-37)59-48-34-47-38(31-32-57(47)39-19-9-3-10-20-39)33-44(48)42-29-30-46-49(50(42)59)43-23-13-14-24-45(43)58(46)40-21-11-4-12-22-40/h1-34H. The van der Waals surface area contributed by atoms with Gasteiger partial charge < -0.3 is 13.7 Å². The predicted octanol–water partition coefficient (Wildman–Crippen LogP) is 13.0. The van der Waals surface area contributed by atoms with E-state index in [9.17, 15) is 0 Å². The second-order valence-corrected chi connectivity index (χ2v) is 14.9. The Bertz CT molecular complexity index is 3450. The molecule has 0 aliphatic rings. The number of hydrogen-bond acceptors (Lipinski definition) is 3. The van der Waals surface area contributed by atoms with Crippen LogP contribution in [-0.4, -0.2) is 28.7 Å². The van der Waals surface area contributed by atoms with Gasteiger partial charge >= 0.3 is 0 Å². The minimum atomic E-state index is 0.627. The number of rotatable bonds is 6. The fourth-order valence-corrected chi connectivity index (χ4v) is 8.82. The average Bonchev–Trinajstić information content (AvgIpc) is 3.99. The summed E-state index contributed by atoms with van der Waals surface area (Å²) in [6.45, 7) is 0. The molecule has 4 aromatic heterocycles. The van der Waals surface area contributed by atoms with Crippen LogP contribution in [0, 0.1) is 0 Å². The summed E-state index contributed by atoms with van der Waals surface area (Å²) in [4.78, 5) is 15.0. The van der Waals surface area contributed by atoms with Crippen molar-refractivity contribution in [2.45, 2.75) is 0 Å². The lowest BCUT2D eigenvalue weighted by molar-refractivity contribution is 1.07. The van der Waals surface area contributed by atoms with E-state index < -0.39 is 0 Å². The molecule has 0 saturated heterocycles. The maximum atomic E-state index is 5.03. The van der Waals surface area contributed by atoms with Crippen molar-refractivity contribution in [3.8, 4) is 51.2 Å². The van der Waals surface area contributed by atoms with E-state index in [-0.39, 0.29) is 0 Å². The minimum Gasteiger partial charge on any atom is -0.316 e. The molecule has 0 unspecified atom stereocenters. The van der Waals surface area contributed by atoms with Crippen molar-refractivity contribution in [2.75, 3.05) is 0 Å². The third-order valence-corrected chi connectivity index (χ3v) is 11.5. The van der Waals surface area contributed by atoms with Crippen molar-refractivity contribution in [2.24, 2.45) is 0 Å². The van der Waals surface area contributed by atoms with Gasteiger partial charge in [0, 0.05) is 66.9 Å². The molecule has 0 spiro atoms. The van der Waals surface area contributed by atoms with Crippen LogP contribution in [-0.2, 0) is 0 Å². The molecule has 276 valence electrons. The molecule has 0 fully saturated rings. The molecular formula is C53H34N6. The zero-order valence-corrected chi connectivity index (χ0v) is 31.8. The Morgan fingerprint density at radius 1 is 0.322 bits per heavy atom. The van der Waals surface area contributed by atoms with Crippen molar-refractivity contribution in [1.82, 2.24) is 28.7 Å². The summed E-state index contributed by atoms with van der Waals surface area (Å²) in [7, 11) is 0. The second kappa shape index (κ2) is 13.3. The molecule has 6 nitrogen and oxygen atoms in total. The highest BCUT2D eigenvalue weighted by molar-refractivity contribution is 6.27. The SMILES string of the molecule is c1ccc(-c2nc(-c3ccccc3)nc(-c3ccc(-n4c5cc6c(ccn6-c6ccccc6)cc5c5ccc6c(c7ccccc7n6-c6ccccc6)c54)cc3)n2)cc1. The molecule has 0 radical (unpaired) electrons. The van der Waals surface area contributed by atoms with Crippen molar-refractivity contribution >= 4 is 54.5 Å². The zero-order valence-electron chi connectivity index (χ0n) is 31.8. The van der Waals surface area contributed by atoms with Gasteiger partial charge in [0.05, 0.1) is 27.6 Å². The number of hydrogen-bond donors (Lipinski definition) is 0. The number of fused-ring (bicyclic) bond motifs is 8. The van der Waals surface area contributed by atoms with E-state index >= 15 is 0 Å². The van der Waals surface area contributed by atoms with Crippen LogP contribution in [0.1, 0.15) is 0 Å². The molecule has 59 heavy (non-hydrogen) atoms. The summed E-state index contributed by atoms with van der Waals surface area (Å²) < 4.78 is 7.13. The lowest BCUT2D eigenvalue weighted by Gasteiger charge is -2.12. The van der Waals surface area contributed by atoms with Gasteiger partial charge in [-0.15, -0.1) is 0 Å². The summed E-state index contributed by atoms with van der Waals surface area (Å²) in [6, 6.07) is 70.5. The normalized spacial score (nSPS) is 11.7. The molecule has 4 heterocycles. The molecular weight excluding hydrogens is 721 g/mol. The van der Waals surface area contributed by atoms with Gasteiger partial charge in [-0.1, -0.05) is 121 Å². The van der Waals surface area contributed by atoms with E-state index in [4.69, 9.17) is 15.0 Å². The first-order valence-electron chi connectivity index (χ1n) is 19.9. The Hall–Kier alpha value is -8.09. The highest BCUT2D eigenvalue weighted by Gasteiger charge is 2.22. The van der Waals surface area contributed by atoms with E-state index in [1.165, 1.54) is 38.0 Å². The lowest BCUT2D eigenvalue weighted by atomic mass is 10.1. The van der Waals surface area contributed by atoms with E-state index in [2.05, 4.69) is 159 Å². The number of aromatic nitrogens is 6. The van der Waals surface area contributed by atoms with E-state index in [1.54, 1.807) is 0 Å². The first kappa shape index (κ1) is 33.1. The van der Waals surface area contributed by atoms with Crippen molar-refractivity contribution < 1.29 is 0 Å². The fourth-order valence-electron chi connectivity index (χ4n) is 8.82. The van der Waals surface area contributed by atoms with Crippen LogP contribution in [0.25, 0.3) is 106 Å². The van der Waals surface area contributed by atoms with Crippen LogP contribution in [0.3, 0.4) is 0 Å². The van der Waals surface area contributed by atoms with Crippen molar-refractivity contribution in [1.29, 1.82) is 0 Å². The molecule has 0 aliphatic heterocycles. The van der Waals surface area contributed by atoms with Gasteiger partial charge in [0.1, 0.15) is 0 Å². The number of para-hydroxylation sites is 3. The lowest BCUT2D eigenvalue weighted by Crippen LogP contribution is -2.00. The first-order chi connectivity index (χ1) is 29.3. The van der Waals surface area contributed by atoms with Gasteiger partial charge in [-0.3, -0.25) is 0 Å². The van der Waals surface area contributed by atoms with Gasteiger partial charge in [0.2, 0.25) is 0 Å². The van der Waals surface area contributed by atoms with Crippen LogP contribution >= 0.6 is 0 Å². The van der Waals surface area contributed by atoms with Crippen molar-refractivity contribution in [3.05, 3.63) is 206 Å². The highest BCUT2D eigenvalue weighted by atomic mass is 15.0. The van der Waals surface area contributed by atoms with E-state index in [1.807, 2.05) is 60.7 Å². The quantitative estimate of drug-likeness (QED) is 0.170. The summed E-state index contributed by atoms with van der Waals surface area (Å²) in [5.41, 5.74) is 11.9. The maximum Gasteiger partial charge on any atom is 0.164 e. The topological polar surface area (TPSA) is 53.5 Å². The second-order valence-electron chi connectivity index (χ2n) is 14.9.